The third-order valence-corrected chi connectivity index (χ3v) is 2.74. The van der Waals surface area contributed by atoms with Crippen molar-refractivity contribution >= 4 is 11.6 Å². The van der Waals surface area contributed by atoms with Crippen molar-refractivity contribution < 1.29 is 9.23 Å². The highest BCUT2D eigenvalue weighted by molar-refractivity contribution is 6.17. The maximum absolute atomic E-state index is 13.2. The predicted octanol–water partition coefficient (Wildman–Crippen LogP) is 1.21. The zero-order valence-corrected chi connectivity index (χ0v) is 10.9. The topological polar surface area (TPSA) is 64.1 Å². The number of unbranched alkanes of at least 4 members (excludes halogenated alkanes) is 3. The first-order valence-electron chi connectivity index (χ1n) is 5.78. The van der Waals surface area contributed by atoms with Crippen molar-refractivity contribution in [1.29, 1.82) is 0 Å². The van der Waals surface area contributed by atoms with Crippen molar-refractivity contribution in [2.24, 2.45) is 0 Å². The summed E-state index contributed by atoms with van der Waals surface area (Å²) in [5.41, 5.74) is -1.91. The molecule has 1 aromatic rings. The van der Waals surface area contributed by atoms with Crippen LogP contribution in [0.15, 0.2) is 9.59 Å². The molecule has 0 aliphatic carbocycles. The summed E-state index contributed by atoms with van der Waals surface area (Å²) in [5, 5.41) is 0. The average molecular weight is 279 g/mol. The molecule has 18 heavy (non-hydrogen) atoms. The summed E-state index contributed by atoms with van der Waals surface area (Å²) >= 11 is 5.53. The molecule has 1 aromatic heterocycles. The average Bonchev–Trinajstić information content (AvgIpc) is 2.34. The second-order valence-electron chi connectivity index (χ2n) is 3.89. The molecule has 1 heterocycles. The number of nitrogens with zero attached hydrogens (tertiary/aromatic N) is 1. The van der Waals surface area contributed by atoms with Gasteiger partial charge in [0.25, 0.3) is 5.56 Å². The first-order valence-corrected chi connectivity index (χ1v) is 6.32. The molecule has 0 bridgehead atoms. The molecule has 0 spiro atoms. The summed E-state index contributed by atoms with van der Waals surface area (Å²) in [7, 11) is 0. The van der Waals surface area contributed by atoms with Gasteiger partial charge in [0.1, 0.15) is 12.3 Å². The van der Waals surface area contributed by atoms with Crippen LogP contribution in [-0.4, -0.2) is 22.2 Å². The molecule has 0 saturated heterocycles. The van der Waals surface area contributed by atoms with Gasteiger partial charge in [-0.05, 0) is 26.2 Å². The van der Waals surface area contributed by atoms with E-state index in [1.165, 1.54) is 6.92 Å². The number of hydrogen-bond donors (Lipinski definition) is 1. The van der Waals surface area contributed by atoms with Crippen molar-refractivity contribution in [3.63, 3.8) is 0 Å². The Kier molecular flexibility index (Phi) is 5.91. The van der Waals surface area contributed by atoms with Gasteiger partial charge < -0.3 is 4.84 Å². The van der Waals surface area contributed by atoms with Gasteiger partial charge in [-0.15, -0.1) is 16.3 Å². The van der Waals surface area contributed by atoms with E-state index in [0.29, 0.717) is 5.88 Å². The minimum absolute atomic E-state index is 0.121. The van der Waals surface area contributed by atoms with Crippen LogP contribution in [0.2, 0.25) is 0 Å². The second-order valence-corrected chi connectivity index (χ2v) is 4.27. The van der Waals surface area contributed by atoms with Crippen LogP contribution in [0.3, 0.4) is 0 Å². The Morgan fingerprint density at radius 1 is 1.28 bits per heavy atom. The maximum atomic E-state index is 13.2. The number of nitrogens with one attached hydrogen (secondary N) is 1. The molecule has 0 unspecified atom stereocenters. The van der Waals surface area contributed by atoms with Gasteiger partial charge in [0.2, 0.25) is 5.82 Å². The highest BCUT2D eigenvalue weighted by Gasteiger charge is 2.11. The first kappa shape index (κ1) is 14.8. The van der Waals surface area contributed by atoms with Crippen LogP contribution >= 0.6 is 11.6 Å². The number of H-pyrrole nitrogens is 1. The normalized spacial score (nSPS) is 10.6. The van der Waals surface area contributed by atoms with Crippen LogP contribution in [0.1, 0.15) is 31.4 Å². The van der Waals surface area contributed by atoms with E-state index in [4.69, 9.17) is 16.4 Å². The van der Waals surface area contributed by atoms with Crippen LogP contribution in [0.4, 0.5) is 4.39 Å². The third kappa shape index (κ3) is 3.87. The zero-order chi connectivity index (χ0) is 13.5. The highest BCUT2D eigenvalue weighted by Crippen LogP contribution is 2.01. The van der Waals surface area contributed by atoms with Gasteiger partial charge in [0, 0.05) is 5.88 Å². The lowest BCUT2D eigenvalue weighted by Crippen LogP contribution is -2.38. The fraction of sp³-hybridized carbons (Fsp3) is 0.636. The molecular formula is C11H16ClFN2O3. The molecule has 1 rings (SSSR count). The summed E-state index contributed by atoms with van der Waals surface area (Å²) in [6.07, 6.45) is 3.59. The quantitative estimate of drug-likeness (QED) is 0.602. The molecule has 0 saturated carbocycles. The largest absolute Gasteiger partial charge is 0.409 e. The van der Waals surface area contributed by atoms with E-state index in [0.717, 1.165) is 30.4 Å². The molecular weight excluding hydrogens is 263 g/mol. The Balaban J connectivity index is 2.55. The van der Waals surface area contributed by atoms with Gasteiger partial charge in [-0.1, -0.05) is 6.42 Å². The summed E-state index contributed by atoms with van der Waals surface area (Å²) in [6, 6.07) is 0. The summed E-state index contributed by atoms with van der Waals surface area (Å²) < 4.78 is 14.0. The van der Waals surface area contributed by atoms with Gasteiger partial charge in [0.15, 0.2) is 0 Å². The minimum Gasteiger partial charge on any atom is -0.409 e. The Morgan fingerprint density at radius 2 is 1.94 bits per heavy atom. The molecule has 5 nitrogen and oxygen atoms in total. The van der Waals surface area contributed by atoms with Crippen molar-refractivity contribution in [2.75, 3.05) is 12.5 Å². The molecule has 0 aromatic carbocycles. The van der Waals surface area contributed by atoms with Gasteiger partial charge in [-0.3, -0.25) is 9.78 Å². The number of alkyl halides is 1. The molecule has 102 valence electrons. The van der Waals surface area contributed by atoms with Gasteiger partial charge in [0.05, 0.1) is 0 Å². The molecule has 1 N–H and O–H groups in total. The van der Waals surface area contributed by atoms with E-state index in [1.54, 1.807) is 0 Å². The monoisotopic (exact) mass is 278 g/mol. The Morgan fingerprint density at radius 3 is 2.61 bits per heavy atom. The smallest absolute Gasteiger partial charge is 0.361 e. The summed E-state index contributed by atoms with van der Waals surface area (Å²) in [5.74, 6) is -0.373. The maximum Gasteiger partial charge on any atom is 0.361 e. The number of aromatic amines is 1. The van der Waals surface area contributed by atoms with Crippen LogP contribution in [0, 0.1) is 12.7 Å². The lowest BCUT2D eigenvalue weighted by Gasteiger charge is -2.10. The summed E-state index contributed by atoms with van der Waals surface area (Å²) in [6.45, 7) is 1.61. The SMILES string of the molecule is Cc1c(F)c(=O)[nH]c(=O)n1OCCCCCCCl. The fourth-order valence-electron chi connectivity index (χ4n) is 1.47. The number of hydrogen-bond acceptors (Lipinski definition) is 3. The zero-order valence-electron chi connectivity index (χ0n) is 10.2. The first-order chi connectivity index (χ1) is 8.57. The number of aromatic nitrogens is 2. The molecule has 0 aliphatic rings. The number of halogens is 2. The van der Waals surface area contributed by atoms with E-state index in [-0.39, 0.29) is 12.3 Å². The van der Waals surface area contributed by atoms with E-state index in [2.05, 4.69) is 0 Å². The van der Waals surface area contributed by atoms with Crippen molar-refractivity contribution in [1.82, 2.24) is 9.71 Å². The molecule has 0 amide bonds. The van der Waals surface area contributed by atoms with Gasteiger partial charge in [-0.2, -0.15) is 4.39 Å². The van der Waals surface area contributed by atoms with Crippen LogP contribution in [0.25, 0.3) is 0 Å². The minimum atomic E-state index is -1.03. The lowest BCUT2D eigenvalue weighted by molar-refractivity contribution is 0.0870. The Hall–Kier alpha value is -1.30. The van der Waals surface area contributed by atoms with E-state index < -0.39 is 17.1 Å². The van der Waals surface area contributed by atoms with Crippen LogP contribution in [0.5, 0.6) is 0 Å². The van der Waals surface area contributed by atoms with Crippen LogP contribution in [-0.2, 0) is 0 Å². The second kappa shape index (κ2) is 7.20. The van der Waals surface area contributed by atoms with E-state index in [1.807, 2.05) is 4.98 Å². The van der Waals surface area contributed by atoms with Crippen molar-refractivity contribution in [3.8, 4) is 0 Å². The molecule has 0 radical (unpaired) electrons. The predicted molar refractivity (Wildman–Crippen MR) is 66.7 cm³/mol. The Bertz CT molecular complexity index is 498. The molecule has 0 fully saturated rings. The standard InChI is InChI=1S/C11H16ClFN2O3/c1-8-9(13)10(16)14-11(17)15(8)18-7-5-3-2-4-6-12/h2-7H2,1H3,(H,14,16,17). The molecule has 0 aliphatic heterocycles. The molecule has 0 atom stereocenters. The third-order valence-electron chi connectivity index (χ3n) is 2.47. The van der Waals surface area contributed by atoms with Crippen LogP contribution < -0.4 is 16.1 Å². The number of rotatable bonds is 7. The molecule has 7 heteroatoms. The van der Waals surface area contributed by atoms with Crippen molar-refractivity contribution in [3.05, 3.63) is 32.3 Å². The van der Waals surface area contributed by atoms with Gasteiger partial charge in [-0.25, -0.2) is 4.79 Å². The van der Waals surface area contributed by atoms with Crippen molar-refractivity contribution in [2.45, 2.75) is 32.6 Å². The fourth-order valence-corrected chi connectivity index (χ4v) is 1.66. The Labute approximate surface area is 108 Å². The van der Waals surface area contributed by atoms with E-state index in [9.17, 15) is 14.0 Å². The lowest BCUT2D eigenvalue weighted by atomic mass is 10.2. The summed E-state index contributed by atoms with van der Waals surface area (Å²) in [4.78, 5) is 29.3. The van der Waals surface area contributed by atoms with E-state index >= 15 is 0 Å². The highest BCUT2D eigenvalue weighted by atomic mass is 35.5. The van der Waals surface area contributed by atoms with Gasteiger partial charge >= 0.3 is 5.69 Å².